The van der Waals surface area contributed by atoms with Crippen molar-refractivity contribution in [2.45, 2.75) is 51.1 Å². The molecule has 0 saturated carbocycles. The fourth-order valence-electron chi connectivity index (χ4n) is 4.07. The number of benzene rings is 3. The summed E-state index contributed by atoms with van der Waals surface area (Å²) in [6.07, 6.45) is 1.74. The van der Waals surface area contributed by atoms with E-state index in [1.165, 1.54) is 24.1 Å². The lowest BCUT2D eigenvalue weighted by atomic mass is 10.1. The normalized spacial score (nSPS) is 11.9. The van der Waals surface area contributed by atoms with Crippen LogP contribution in [0, 0.1) is 6.92 Å². The number of aryl methyl sites for hydroxylation is 1. The molecule has 3 rings (SSSR count). The maximum Gasteiger partial charge on any atom is 0.264 e. The number of hydrogen-bond donors (Lipinski definition) is 1. The van der Waals surface area contributed by atoms with Gasteiger partial charge in [0.05, 0.1) is 17.7 Å². The molecule has 1 N–H and O–H groups in total. The maximum absolute atomic E-state index is 13.9. The number of hydrogen-bond acceptors (Lipinski definition) is 5. The van der Waals surface area contributed by atoms with E-state index >= 15 is 0 Å². The summed E-state index contributed by atoms with van der Waals surface area (Å²) in [6, 6.07) is 19.6. The van der Waals surface area contributed by atoms with Crippen molar-refractivity contribution in [3.8, 4) is 5.75 Å². The van der Waals surface area contributed by atoms with Crippen molar-refractivity contribution in [3.63, 3.8) is 0 Å². The SMILES string of the molecule is CCCCNC(=O)[C@H](C)N(Cc1cccc(Br)c1)C(=O)CN(c1ccc(C)cc1)S(=O)(=O)c1ccc(OC)cc1. The van der Waals surface area contributed by atoms with Crippen LogP contribution in [0.15, 0.2) is 82.2 Å². The van der Waals surface area contributed by atoms with Crippen LogP contribution >= 0.6 is 15.9 Å². The molecule has 214 valence electrons. The monoisotopic (exact) mass is 629 g/mol. The van der Waals surface area contributed by atoms with E-state index in [1.807, 2.05) is 38.1 Å². The van der Waals surface area contributed by atoms with Crippen molar-refractivity contribution in [2.24, 2.45) is 0 Å². The Labute approximate surface area is 245 Å². The molecule has 0 aliphatic rings. The Morgan fingerprint density at radius 2 is 1.70 bits per heavy atom. The molecule has 0 heterocycles. The summed E-state index contributed by atoms with van der Waals surface area (Å²) < 4.78 is 34.9. The molecule has 10 heteroatoms. The van der Waals surface area contributed by atoms with E-state index in [4.69, 9.17) is 4.74 Å². The van der Waals surface area contributed by atoms with Gasteiger partial charge in [0, 0.05) is 17.6 Å². The fraction of sp³-hybridized carbons (Fsp3) is 0.333. The number of sulfonamides is 1. The first-order valence-corrected chi connectivity index (χ1v) is 15.3. The lowest BCUT2D eigenvalue weighted by molar-refractivity contribution is -0.139. The molecule has 0 aliphatic carbocycles. The quantitative estimate of drug-likeness (QED) is 0.259. The van der Waals surface area contributed by atoms with Gasteiger partial charge in [-0.05, 0) is 74.4 Å². The maximum atomic E-state index is 13.9. The molecule has 0 aliphatic heterocycles. The van der Waals surface area contributed by atoms with Crippen LogP contribution in [0.5, 0.6) is 5.75 Å². The molecule has 0 aromatic heterocycles. The average molecular weight is 631 g/mol. The van der Waals surface area contributed by atoms with E-state index in [-0.39, 0.29) is 17.3 Å². The first-order valence-electron chi connectivity index (χ1n) is 13.1. The summed E-state index contributed by atoms with van der Waals surface area (Å²) in [6.45, 7) is 5.73. The molecule has 40 heavy (non-hydrogen) atoms. The second-order valence-corrected chi connectivity index (χ2v) is 12.3. The van der Waals surface area contributed by atoms with Gasteiger partial charge < -0.3 is 15.0 Å². The first kappa shape index (κ1) is 31.2. The van der Waals surface area contributed by atoms with Gasteiger partial charge in [-0.25, -0.2) is 8.42 Å². The minimum absolute atomic E-state index is 0.0190. The van der Waals surface area contributed by atoms with Crippen LogP contribution in [0.2, 0.25) is 0 Å². The highest BCUT2D eigenvalue weighted by atomic mass is 79.9. The van der Waals surface area contributed by atoms with Gasteiger partial charge in [0.25, 0.3) is 10.0 Å². The predicted octanol–water partition coefficient (Wildman–Crippen LogP) is 5.30. The van der Waals surface area contributed by atoms with Crippen LogP contribution in [0.3, 0.4) is 0 Å². The van der Waals surface area contributed by atoms with Gasteiger partial charge >= 0.3 is 0 Å². The molecule has 0 saturated heterocycles. The number of rotatable bonds is 13. The zero-order valence-electron chi connectivity index (χ0n) is 23.3. The lowest BCUT2D eigenvalue weighted by Gasteiger charge is -2.32. The van der Waals surface area contributed by atoms with Crippen molar-refractivity contribution in [3.05, 3.63) is 88.4 Å². The topological polar surface area (TPSA) is 96.0 Å². The molecule has 8 nitrogen and oxygen atoms in total. The fourth-order valence-corrected chi connectivity index (χ4v) is 5.93. The molecular formula is C30H36BrN3O5S. The summed E-state index contributed by atoms with van der Waals surface area (Å²) in [5.74, 6) is -0.285. The molecule has 0 fully saturated rings. The molecule has 0 spiro atoms. The van der Waals surface area contributed by atoms with Crippen LogP contribution in [0.4, 0.5) is 5.69 Å². The molecule has 0 bridgehead atoms. The van der Waals surface area contributed by atoms with E-state index in [9.17, 15) is 18.0 Å². The van der Waals surface area contributed by atoms with E-state index in [0.717, 1.165) is 32.7 Å². The molecule has 3 aromatic carbocycles. The minimum Gasteiger partial charge on any atom is -0.497 e. The van der Waals surface area contributed by atoms with Crippen molar-refractivity contribution in [1.82, 2.24) is 10.2 Å². The third-order valence-electron chi connectivity index (χ3n) is 6.49. The third-order valence-corrected chi connectivity index (χ3v) is 8.77. The Bertz CT molecular complexity index is 1400. The van der Waals surface area contributed by atoms with Gasteiger partial charge in [0.15, 0.2) is 0 Å². The molecule has 0 unspecified atom stereocenters. The van der Waals surface area contributed by atoms with Crippen LogP contribution in [-0.4, -0.2) is 51.4 Å². The Morgan fingerprint density at radius 3 is 2.30 bits per heavy atom. The van der Waals surface area contributed by atoms with E-state index < -0.39 is 28.5 Å². The number of unbranched alkanes of at least 4 members (excludes halogenated alkanes) is 1. The predicted molar refractivity (Wildman–Crippen MR) is 161 cm³/mol. The number of carbonyl (C=O) groups is 2. The number of methoxy groups -OCH3 is 1. The zero-order valence-corrected chi connectivity index (χ0v) is 25.7. The zero-order chi connectivity index (χ0) is 29.3. The molecule has 3 aromatic rings. The molecular weight excluding hydrogens is 594 g/mol. The van der Waals surface area contributed by atoms with Crippen LogP contribution in [0.25, 0.3) is 0 Å². The van der Waals surface area contributed by atoms with Crippen molar-refractivity contribution < 1.29 is 22.7 Å². The largest absolute Gasteiger partial charge is 0.497 e. The van der Waals surface area contributed by atoms with Gasteiger partial charge in [0.2, 0.25) is 11.8 Å². The molecule has 1 atom stereocenters. The third kappa shape index (κ3) is 8.08. The van der Waals surface area contributed by atoms with Crippen molar-refractivity contribution in [2.75, 3.05) is 24.5 Å². The van der Waals surface area contributed by atoms with E-state index in [2.05, 4.69) is 21.2 Å². The summed E-state index contributed by atoms with van der Waals surface area (Å²) >= 11 is 3.46. The number of amides is 2. The standard InChI is InChI=1S/C30H36BrN3O5S/c1-5-6-18-32-30(36)23(3)33(20-24-8-7-9-25(31)19-24)29(35)21-34(26-12-10-22(2)11-13-26)40(37,38)28-16-14-27(39-4)15-17-28/h7-17,19,23H,5-6,18,20-21H2,1-4H3,(H,32,36)/t23-/m0/s1. The van der Waals surface area contributed by atoms with Crippen LogP contribution < -0.4 is 14.4 Å². The van der Waals surface area contributed by atoms with E-state index in [0.29, 0.717) is 18.0 Å². The van der Waals surface area contributed by atoms with Crippen molar-refractivity contribution >= 4 is 43.5 Å². The number of nitrogens with zero attached hydrogens (tertiary/aromatic N) is 2. The van der Waals surface area contributed by atoms with Gasteiger partial charge in [0.1, 0.15) is 18.3 Å². The van der Waals surface area contributed by atoms with Crippen LogP contribution in [-0.2, 0) is 26.2 Å². The lowest BCUT2D eigenvalue weighted by Crippen LogP contribution is -2.51. The average Bonchev–Trinajstić information content (AvgIpc) is 2.94. The summed E-state index contributed by atoms with van der Waals surface area (Å²) in [5, 5.41) is 2.89. The van der Waals surface area contributed by atoms with E-state index in [1.54, 1.807) is 43.3 Å². The first-order chi connectivity index (χ1) is 19.1. The Morgan fingerprint density at radius 1 is 1.02 bits per heavy atom. The highest BCUT2D eigenvalue weighted by Crippen LogP contribution is 2.26. The Hall–Kier alpha value is -3.37. The van der Waals surface area contributed by atoms with Gasteiger partial charge in [-0.1, -0.05) is 59.1 Å². The second kappa shape index (κ2) is 14.3. The van der Waals surface area contributed by atoms with Crippen molar-refractivity contribution in [1.29, 1.82) is 0 Å². The highest BCUT2D eigenvalue weighted by Gasteiger charge is 2.32. The molecule has 0 radical (unpaired) electrons. The molecule has 2 amide bonds. The Balaban J connectivity index is 2.00. The summed E-state index contributed by atoms with van der Waals surface area (Å²) in [4.78, 5) is 28.4. The minimum atomic E-state index is -4.14. The van der Waals surface area contributed by atoms with Gasteiger partial charge in [-0.3, -0.25) is 13.9 Å². The smallest absolute Gasteiger partial charge is 0.264 e. The van der Waals surface area contributed by atoms with Gasteiger partial charge in [-0.2, -0.15) is 0 Å². The number of anilines is 1. The summed E-state index contributed by atoms with van der Waals surface area (Å²) in [5.41, 5.74) is 2.10. The number of ether oxygens (including phenoxy) is 1. The Kier molecular flexibility index (Phi) is 11.2. The van der Waals surface area contributed by atoms with Crippen LogP contribution in [0.1, 0.15) is 37.8 Å². The number of nitrogens with one attached hydrogen (secondary N) is 1. The summed E-state index contributed by atoms with van der Waals surface area (Å²) in [7, 11) is -2.64. The second-order valence-electron chi connectivity index (χ2n) is 9.49. The van der Waals surface area contributed by atoms with Gasteiger partial charge in [-0.15, -0.1) is 0 Å². The highest BCUT2D eigenvalue weighted by molar-refractivity contribution is 9.10. The number of halogens is 1. The number of carbonyl (C=O) groups excluding carboxylic acids is 2.